The van der Waals surface area contributed by atoms with Crippen LogP contribution in [0.4, 0.5) is 0 Å². The van der Waals surface area contributed by atoms with Gasteiger partial charge < -0.3 is 4.74 Å². The highest BCUT2D eigenvalue weighted by atomic mass is 16.5. The molecule has 15 heavy (non-hydrogen) atoms. The number of allylic oxidation sites excluding steroid dienone is 1. The molecule has 0 aromatic heterocycles. The predicted molar refractivity (Wildman–Crippen MR) is 58.6 cm³/mol. The van der Waals surface area contributed by atoms with Gasteiger partial charge in [-0.3, -0.25) is 0 Å². The summed E-state index contributed by atoms with van der Waals surface area (Å²) in [5, 5.41) is 0. The average Bonchev–Trinajstić information content (AvgIpc) is 2.69. The van der Waals surface area contributed by atoms with Crippen LogP contribution in [0.3, 0.4) is 0 Å². The van der Waals surface area contributed by atoms with Crippen molar-refractivity contribution in [1.82, 2.24) is 0 Å². The Kier molecular flexibility index (Phi) is 1.37. The SMILES string of the molecule is C1=CC23COC[C@H]2[C@H](c2ccccc2)[C@H]13. The lowest BCUT2D eigenvalue weighted by Gasteiger charge is -2.60. The van der Waals surface area contributed by atoms with Gasteiger partial charge in [0.25, 0.3) is 0 Å². The molecule has 1 heteroatoms. The van der Waals surface area contributed by atoms with Crippen molar-refractivity contribution in [3.63, 3.8) is 0 Å². The molecule has 0 radical (unpaired) electrons. The lowest BCUT2D eigenvalue weighted by molar-refractivity contribution is 0.00701. The van der Waals surface area contributed by atoms with E-state index in [9.17, 15) is 0 Å². The third-order valence-corrected chi connectivity index (χ3v) is 4.58. The lowest BCUT2D eigenvalue weighted by Crippen LogP contribution is -2.57. The minimum atomic E-state index is 0.445. The van der Waals surface area contributed by atoms with E-state index < -0.39 is 0 Å². The summed E-state index contributed by atoms with van der Waals surface area (Å²) in [5.41, 5.74) is 1.94. The van der Waals surface area contributed by atoms with Gasteiger partial charge in [-0.2, -0.15) is 0 Å². The van der Waals surface area contributed by atoms with Crippen molar-refractivity contribution in [2.75, 3.05) is 13.2 Å². The molecule has 1 aromatic carbocycles. The molecule has 1 heterocycles. The molecule has 2 fully saturated rings. The molecule has 0 N–H and O–H groups in total. The van der Waals surface area contributed by atoms with E-state index in [0.29, 0.717) is 5.41 Å². The van der Waals surface area contributed by atoms with E-state index in [1.807, 2.05) is 0 Å². The van der Waals surface area contributed by atoms with Crippen LogP contribution in [-0.4, -0.2) is 13.2 Å². The first-order chi connectivity index (χ1) is 7.42. The highest BCUT2D eigenvalue weighted by Crippen LogP contribution is 2.69. The maximum atomic E-state index is 5.66. The maximum Gasteiger partial charge on any atom is 0.0566 e. The fourth-order valence-electron chi connectivity index (χ4n) is 3.73. The Morgan fingerprint density at radius 2 is 2.07 bits per heavy atom. The van der Waals surface area contributed by atoms with Crippen molar-refractivity contribution in [2.45, 2.75) is 5.92 Å². The topological polar surface area (TPSA) is 9.23 Å². The fourth-order valence-corrected chi connectivity index (χ4v) is 3.73. The average molecular weight is 198 g/mol. The van der Waals surface area contributed by atoms with E-state index in [0.717, 1.165) is 31.0 Å². The van der Waals surface area contributed by atoms with Crippen molar-refractivity contribution in [1.29, 1.82) is 0 Å². The van der Waals surface area contributed by atoms with Crippen molar-refractivity contribution >= 4 is 0 Å². The highest BCUT2D eigenvalue weighted by molar-refractivity contribution is 5.40. The molecule has 2 aliphatic carbocycles. The van der Waals surface area contributed by atoms with Crippen molar-refractivity contribution < 1.29 is 4.74 Å². The summed E-state index contributed by atoms with van der Waals surface area (Å²) in [6.45, 7) is 1.92. The van der Waals surface area contributed by atoms with Gasteiger partial charge in [-0.05, 0) is 17.4 Å². The molecule has 1 unspecified atom stereocenters. The van der Waals surface area contributed by atoms with Gasteiger partial charge in [0.1, 0.15) is 0 Å². The zero-order valence-corrected chi connectivity index (χ0v) is 8.60. The molecular weight excluding hydrogens is 184 g/mol. The number of benzene rings is 1. The van der Waals surface area contributed by atoms with Gasteiger partial charge in [-0.1, -0.05) is 42.5 Å². The molecule has 4 atom stereocenters. The van der Waals surface area contributed by atoms with Crippen LogP contribution in [-0.2, 0) is 4.74 Å². The second-order valence-corrected chi connectivity index (χ2v) is 5.06. The Bertz CT molecular complexity index is 422. The molecule has 0 amide bonds. The summed E-state index contributed by atoms with van der Waals surface area (Å²) >= 11 is 0. The van der Waals surface area contributed by atoms with Gasteiger partial charge in [0.2, 0.25) is 0 Å². The molecule has 1 saturated heterocycles. The van der Waals surface area contributed by atoms with Gasteiger partial charge in [-0.15, -0.1) is 0 Å². The van der Waals surface area contributed by atoms with Crippen LogP contribution in [0.25, 0.3) is 0 Å². The van der Waals surface area contributed by atoms with E-state index in [-0.39, 0.29) is 0 Å². The Morgan fingerprint density at radius 3 is 2.80 bits per heavy atom. The molecule has 1 aromatic rings. The summed E-state index contributed by atoms with van der Waals surface area (Å²) in [6.07, 6.45) is 4.76. The Balaban J connectivity index is 1.74. The van der Waals surface area contributed by atoms with Crippen molar-refractivity contribution in [2.24, 2.45) is 17.3 Å². The highest BCUT2D eigenvalue weighted by Gasteiger charge is 2.66. The molecule has 76 valence electrons. The Hall–Kier alpha value is -1.08. The van der Waals surface area contributed by atoms with Gasteiger partial charge in [0, 0.05) is 11.3 Å². The number of hydrogen-bond donors (Lipinski definition) is 0. The van der Waals surface area contributed by atoms with E-state index in [1.165, 1.54) is 5.56 Å². The van der Waals surface area contributed by atoms with Crippen LogP contribution >= 0.6 is 0 Å². The zero-order chi connectivity index (χ0) is 9.88. The summed E-state index contributed by atoms with van der Waals surface area (Å²) in [4.78, 5) is 0. The fraction of sp³-hybridized carbons (Fsp3) is 0.429. The van der Waals surface area contributed by atoms with Crippen molar-refractivity contribution in [3.05, 3.63) is 48.0 Å². The van der Waals surface area contributed by atoms with Gasteiger partial charge in [0.15, 0.2) is 0 Å². The summed E-state index contributed by atoms with van der Waals surface area (Å²) in [7, 11) is 0. The van der Waals surface area contributed by atoms with Crippen LogP contribution in [0.5, 0.6) is 0 Å². The molecule has 0 bridgehead atoms. The van der Waals surface area contributed by atoms with Gasteiger partial charge in [-0.25, -0.2) is 0 Å². The molecule has 4 rings (SSSR count). The summed E-state index contributed by atoms with van der Waals surface area (Å²) in [6, 6.07) is 10.9. The number of hydrogen-bond acceptors (Lipinski definition) is 1. The predicted octanol–water partition coefficient (Wildman–Crippen LogP) is 2.60. The molecule has 1 saturated carbocycles. The third kappa shape index (κ3) is 0.799. The Labute approximate surface area is 89.8 Å². The van der Waals surface area contributed by atoms with E-state index >= 15 is 0 Å². The summed E-state index contributed by atoms with van der Waals surface area (Å²) in [5.74, 6) is 2.22. The van der Waals surface area contributed by atoms with Crippen LogP contribution in [0.15, 0.2) is 42.5 Å². The van der Waals surface area contributed by atoms with E-state index in [1.54, 1.807) is 0 Å². The van der Waals surface area contributed by atoms with E-state index in [4.69, 9.17) is 4.74 Å². The third-order valence-electron chi connectivity index (χ3n) is 4.58. The minimum absolute atomic E-state index is 0.445. The summed E-state index contributed by atoms with van der Waals surface area (Å²) < 4.78 is 5.66. The van der Waals surface area contributed by atoms with Crippen LogP contribution < -0.4 is 0 Å². The van der Waals surface area contributed by atoms with Crippen LogP contribution in [0, 0.1) is 17.3 Å². The largest absolute Gasteiger partial charge is 0.380 e. The first-order valence-electron chi connectivity index (χ1n) is 5.74. The first-order valence-corrected chi connectivity index (χ1v) is 5.74. The molecule has 3 aliphatic rings. The molecule has 1 spiro atoms. The number of ether oxygens (including phenoxy) is 1. The van der Waals surface area contributed by atoms with Crippen LogP contribution in [0.2, 0.25) is 0 Å². The maximum absolute atomic E-state index is 5.66. The van der Waals surface area contributed by atoms with Gasteiger partial charge >= 0.3 is 0 Å². The molecule has 1 nitrogen and oxygen atoms in total. The normalized spacial score (nSPS) is 45.2. The molecular formula is C14H14O. The first kappa shape index (κ1) is 8.12. The van der Waals surface area contributed by atoms with Crippen molar-refractivity contribution in [3.8, 4) is 0 Å². The lowest BCUT2D eigenvalue weighted by atomic mass is 9.41. The van der Waals surface area contributed by atoms with Crippen LogP contribution in [0.1, 0.15) is 11.5 Å². The molecule has 1 aliphatic heterocycles. The second kappa shape index (κ2) is 2.53. The quantitative estimate of drug-likeness (QED) is 0.630. The monoisotopic (exact) mass is 198 g/mol. The zero-order valence-electron chi connectivity index (χ0n) is 8.60. The standard InChI is InChI=1S/C14H14O/c1-2-4-10(5-3-1)13-11-6-7-14(11)9-15-8-12(13)14/h1-7,11-13H,8-9H2/t11-,12-,13+,14?/m0/s1. The van der Waals surface area contributed by atoms with Gasteiger partial charge in [0.05, 0.1) is 13.2 Å². The number of rotatable bonds is 1. The smallest absolute Gasteiger partial charge is 0.0566 e. The van der Waals surface area contributed by atoms with E-state index in [2.05, 4.69) is 42.5 Å². The second-order valence-electron chi connectivity index (χ2n) is 5.06. The Morgan fingerprint density at radius 1 is 1.20 bits per heavy atom. The minimum Gasteiger partial charge on any atom is -0.380 e.